The Morgan fingerprint density at radius 3 is 2.74 bits per heavy atom. The zero-order valence-corrected chi connectivity index (χ0v) is 12.8. The summed E-state index contributed by atoms with van der Waals surface area (Å²) in [6.45, 7) is 2.35. The van der Waals surface area contributed by atoms with E-state index in [1.807, 2.05) is 25.2 Å². The molecule has 106 valence electrons. The highest BCUT2D eigenvalue weighted by Crippen LogP contribution is 2.28. The first-order valence-electron chi connectivity index (χ1n) is 6.54. The molecule has 1 saturated heterocycles. The van der Waals surface area contributed by atoms with Crippen molar-refractivity contribution in [1.29, 1.82) is 0 Å². The molecule has 5 heteroatoms. The minimum absolute atomic E-state index is 0.495. The van der Waals surface area contributed by atoms with Crippen LogP contribution in [0.5, 0.6) is 0 Å². The molecule has 1 aromatic carbocycles. The molecule has 1 aliphatic rings. The van der Waals surface area contributed by atoms with Gasteiger partial charge in [-0.3, -0.25) is 0 Å². The Hall–Kier alpha value is -0.620. The van der Waals surface area contributed by atoms with E-state index in [9.17, 15) is 5.11 Å². The van der Waals surface area contributed by atoms with Crippen LogP contribution in [0.25, 0.3) is 0 Å². The van der Waals surface area contributed by atoms with Gasteiger partial charge in [-0.2, -0.15) is 0 Å². The van der Waals surface area contributed by atoms with E-state index in [1.54, 1.807) is 0 Å². The third kappa shape index (κ3) is 3.69. The number of nitrogens with zero attached hydrogens (tertiary/aromatic N) is 1. The fraction of sp³-hybridized carbons (Fsp3) is 0.571. The van der Waals surface area contributed by atoms with E-state index >= 15 is 0 Å². The number of hydrogen-bond acceptors (Lipinski definition) is 4. The lowest BCUT2D eigenvalue weighted by atomic mass is 9.93. The summed E-state index contributed by atoms with van der Waals surface area (Å²) in [4.78, 5) is 2.08. The smallest absolute Gasteiger partial charge is 0.0865 e. The van der Waals surface area contributed by atoms with Crippen molar-refractivity contribution >= 4 is 21.6 Å². The van der Waals surface area contributed by atoms with Gasteiger partial charge < -0.3 is 20.5 Å². The molecule has 2 rings (SSSR count). The molecule has 0 saturated carbocycles. The summed E-state index contributed by atoms with van der Waals surface area (Å²) in [6, 6.07) is 6.05. The van der Waals surface area contributed by atoms with E-state index in [1.165, 1.54) is 0 Å². The molecule has 1 aliphatic heterocycles. The Morgan fingerprint density at radius 1 is 1.42 bits per heavy atom. The molecular formula is C14H21BrN2O2. The van der Waals surface area contributed by atoms with Crippen molar-refractivity contribution in [2.45, 2.75) is 25.0 Å². The van der Waals surface area contributed by atoms with Crippen LogP contribution in [0.4, 0.5) is 5.69 Å². The zero-order chi connectivity index (χ0) is 13.9. The van der Waals surface area contributed by atoms with Crippen LogP contribution in [-0.4, -0.2) is 37.5 Å². The maximum Gasteiger partial charge on any atom is 0.0865 e. The van der Waals surface area contributed by atoms with Gasteiger partial charge in [-0.05, 0) is 17.7 Å². The molecule has 0 aliphatic carbocycles. The van der Waals surface area contributed by atoms with Crippen LogP contribution in [-0.2, 0) is 11.3 Å². The van der Waals surface area contributed by atoms with Gasteiger partial charge in [-0.25, -0.2) is 0 Å². The van der Waals surface area contributed by atoms with Crippen molar-refractivity contribution in [3.8, 4) is 0 Å². The topological polar surface area (TPSA) is 58.7 Å². The van der Waals surface area contributed by atoms with E-state index in [0.29, 0.717) is 39.1 Å². The molecule has 0 atom stereocenters. The summed E-state index contributed by atoms with van der Waals surface area (Å²) in [5.74, 6) is 0. The number of aliphatic hydroxyl groups is 1. The highest BCUT2D eigenvalue weighted by molar-refractivity contribution is 9.10. The quantitative estimate of drug-likeness (QED) is 0.886. The normalized spacial score (nSPS) is 18.3. The second-order valence-electron chi connectivity index (χ2n) is 5.17. The molecular weight excluding hydrogens is 308 g/mol. The number of anilines is 1. The maximum absolute atomic E-state index is 10.6. The second kappa shape index (κ2) is 6.22. The lowest BCUT2D eigenvalue weighted by Crippen LogP contribution is -2.46. The Balaban J connectivity index is 2.14. The van der Waals surface area contributed by atoms with E-state index in [4.69, 9.17) is 10.5 Å². The van der Waals surface area contributed by atoms with Crippen LogP contribution in [0.15, 0.2) is 22.7 Å². The average Bonchev–Trinajstić information content (AvgIpc) is 2.39. The standard InChI is InChI=1S/C14H21BrN2O2/c1-17(10-14(18)4-6-19-7-5-14)13-8-12(15)3-2-11(13)9-16/h2-3,8,18H,4-7,9-10,16H2,1H3. The highest BCUT2D eigenvalue weighted by atomic mass is 79.9. The molecule has 3 N–H and O–H groups in total. The summed E-state index contributed by atoms with van der Waals surface area (Å²) in [5, 5.41) is 10.6. The van der Waals surface area contributed by atoms with Gasteiger partial charge in [-0.15, -0.1) is 0 Å². The number of hydrogen-bond donors (Lipinski definition) is 2. The first-order valence-corrected chi connectivity index (χ1v) is 7.33. The Bertz CT molecular complexity index is 433. The van der Waals surface area contributed by atoms with Crippen LogP contribution in [0.1, 0.15) is 18.4 Å². The Kier molecular flexibility index (Phi) is 4.84. The summed E-state index contributed by atoms with van der Waals surface area (Å²) in [6.07, 6.45) is 1.37. The SMILES string of the molecule is CN(CC1(O)CCOCC1)c1cc(Br)ccc1CN. The summed E-state index contributed by atoms with van der Waals surface area (Å²) < 4.78 is 6.33. The predicted octanol–water partition coefficient (Wildman–Crippen LogP) is 1.89. The summed E-state index contributed by atoms with van der Waals surface area (Å²) >= 11 is 3.48. The lowest BCUT2D eigenvalue weighted by molar-refractivity contribution is -0.0572. The van der Waals surface area contributed by atoms with E-state index in [-0.39, 0.29) is 0 Å². The van der Waals surface area contributed by atoms with Gasteiger partial charge in [0.15, 0.2) is 0 Å². The predicted molar refractivity (Wildman–Crippen MR) is 80.3 cm³/mol. The lowest BCUT2D eigenvalue weighted by Gasteiger charge is -2.36. The fourth-order valence-electron chi connectivity index (χ4n) is 2.50. The molecule has 1 fully saturated rings. The molecule has 4 nitrogen and oxygen atoms in total. The van der Waals surface area contributed by atoms with Crippen LogP contribution in [0.2, 0.25) is 0 Å². The molecule has 1 heterocycles. The number of halogens is 1. The van der Waals surface area contributed by atoms with Crippen molar-refractivity contribution in [3.05, 3.63) is 28.2 Å². The summed E-state index contributed by atoms with van der Waals surface area (Å²) in [5.41, 5.74) is 7.27. The van der Waals surface area contributed by atoms with Gasteiger partial charge in [0.25, 0.3) is 0 Å². The van der Waals surface area contributed by atoms with Gasteiger partial charge in [0.1, 0.15) is 0 Å². The van der Waals surface area contributed by atoms with Crippen LogP contribution in [0, 0.1) is 0 Å². The van der Waals surface area contributed by atoms with Crippen molar-refractivity contribution in [2.24, 2.45) is 5.73 Å². The Labute approximate surface area is 122 Å². The van der Waals surface area contributed by atoms with Crippen molar-refractivity contribution in [3.63, 3.8) is 0 Å². The van der Waals surface area contributed by atoms with Gasteiger partial charge in [0, 0.05) is 56.4 Å². The number of rotatable bonds is 4. The second-order valence-corrected chi connectivity index (χ2v) is 6.09. The molecule has 0 aromatic heterocycles. The molecule has 1 aromatic rings. The van der Waals surface area contributed by atoms with Gasteiger partial charge in [0.2, 0.25) is 0 Å². The highest BCUT2D eigenvalue weighted by Gasteiger charge is 2.31. The maximum atomic E-state index is 10.6. The molecule has 0 amide bonds. The monoisotopic (exact) mass is 328 g/mol. The molecule has 0 radical (unpaired) electrons. The van der Waals surface area contributed by atoms with Crippen molar-refractivity contribution < 1.29 is 9.84 Å². The molecule has 0 bridgehead atoms. The fourth-order valence-corrected chi connectivity index (χ4v) is 2.85. The first-order chi connectivity index (χ1) is 9.04. The molecule has 0 unspecified atom stereocenters. The van der Waals surface area contributed by atoms with Crippen LogP contribution in [0.3, 0.4) is 0 Å². The van der Waals surface area contributed by atoms with E-state index in [0.717, 1.165) is 15.7 Å². The molecule has 19 heavy (non-hydrogen) atoms. The van der Waals surface area contributed by atoms with Crippen LogP contribution < -0.4 is 10.6 Å². The first kappa shape index (κ1) is 14.8. The van der Waals surface area contributed by atoms with Gasteiger partial charge >= 0.3 is 0 Å². The van der Waals surface area contributed by atoms with E-state index in [2.05, 4.69) is 20.8 Å². The van der Waals surface area contributed by atoms with Crippen LogP contribution >= 0.6 is 15.9 Å². The van der Waals surface area contributed by atoms with Gasteiger partial charge in [-0.1, -0.05) is 22.0 Å². The third-order valence-electron chi connectivity index (χ3n) is 3.63. The number of nitrogens with two attached hydrogens (primary N) is 1. The Morgan fingerprint density at radius 2 is 2.11 bits per heavy atom. The summed E-state index contributed by atoms with van der Waals surface area (Å²) in [7, 11) is 1.99. The molecule has 0 spiro atoms. The van der Waals surface area contributed by atoms with E-state index < -0.39 is 5.60 Å². The minimum Gasteiger partial charge on any atom is -0.388 e. The van der Waals surface area contributed by atoms with Gasteiger partial charge in [0.05, 0.1) is 5.60 Å². The number of benzene rings is 1. The number of likely N-dealkylation sites (N-methyl/N-ethyl adjacent to an activating group) is 1. The zero-order valence-electron chi connectivity index (χ0n) is 11.2. The van der Waals surface area contributed by atoms with Crippen molar-refractivity contribution in [1.82, 2.24) is 0 Å². The average molecular weight is 329 g/mol. The minimum atomic E-state index is -0.665. The largest absolute Gasteiger partial charge is 0.388 e. The van der Waals surface area contributed by atoms with Crippen molar-refractivity contribution in [2.75, 3.05) is 31.7 Å². The third-order valence-corrected chi connectivity index (χ3v) is 4.13. The number of ether oxygens (including phenoxy) is 1.